The van der Waals surface area contributed by atoms with Crippen LogP contribution in [0.1, 0.15) is 11.1 Å². The molecule has 3 aliphatic rings. The van der Waals surface area contributed by atoms with Gasteiger partial charge in [0, 0.05) is 0 Å². The zero-order valence-electron chi connectivity index (χ0n) is 13.9. The van der Waals surface area contributed by atoms with Gasteiger partial charge in [0.2, 0.25) is 13.6 Å². The second-order valence-corrected chi connectivity index (χ2v) is 6.84. The van der Waals surface area contributed by atoms with Crippen molar-refractivity contribution in [1.29, 1.82) is 0 Å². The molecule has 0 N–H and O–H groups in total. The maximum Gasteiger partial charge on any atom is 0.231 e. The van der Waals surface area contributed by atoms with Crippen LogP contribution in [0, 0.1) is 11.8 Å². The van der Waals surface area contributed by atoms with Gasteiger partial charge in [-0.1, -0.05) is 12.1 Å². The van der Waals surface area contributed by atoms with Gasteiger partial charge in [-0.15, -0.1) is 0 Å². The van der Waals surface area contributed by atoms with Crippen LogP contribution in [0.25, 0.3) is 0 Å². The van der Waals surface area contributed by atoms with Crippen LogP contribution >= 0.6 is 0 Å². The lowest BCUT2D eigenvalue weighted by Gasteiger charge is -2.18. The minimum absolute atomic E-state index is 0.318. The average Bonchev–Trinajstić information content (AvgIpc) is 3.35. The van der Waals surface area contributed by atoms with Crippen molar-refractivity contribution in [3.05, 3.63) is 47.5 Å². The Morgan fingerprint density at radius 3 is 1.64 bits per heavy atom. The summed E-state index contributed by atoms with van der Waals surface area (Å²) in [5.41, 5.74) is 2.55. The lowest BCUT2D eigenvalue weighted by Crippen LogP contribution is -2.17. The summed E-state index contributed by atoms with van der Waals surface area (Å²) in [6.45, 7) is 2.25. The molecule has 5 nitrogen and oxygen atoms in total. The molecule has 0 saturated carbocycles. The fraction of sp³-hybridized carbons (Fsp3) is 0.400. The Bertz CT molecular complexity index is 722. The summed E-state index contributed by atoms with van der Waals surface area (Å²) in [6, 6.07) is 12.4. The Morgan fingerprint density at radius 1 is 0.640 bits per heavy atom. The standard InChI is InChI=1S/C20H20O5/c1-3-17-19(24-11-22-17)7-13(1)5-15-9-21-10-16(15)6-14-2-4-18-20(8-14)25-12-23-18/h1-4,7-8,15-16H,5-6,9-12H2/t15-,16-/m0/s1. The van der Waals surface area contributed by atoms with Crippen molar-refractivity contribution >= 4 is 0 Å². The van der Waals surface area contributed by atoms with Crippen molar-refractivity contribution in [2.24, 2.45) is 11.8 Å². The predicted octanol–water partition coefficient (Wildman–Crippen LogP) is 3.19. The van der Waals surface area contributed by atoms with Crippen molar-refractivity contribution in [3.8, 4) is 23.0 Å². The van der Waals surface area contributed by atoms with E-state index in [1.165, 1.54) is 11.1 Å². The number of hydrogen-bond donors (Lipinski definition) is 0. The third kappa shape index (κ3) is 2.89. The number of ether oxygens (including phenoxy) is 5. The molecule has 2 aromatic rings. The van der Waals surface area contributed by atoms with Crippen LogP contribution < -0.4 is 18.9 Å². The quantitative estimate of drug-likeness (QED) is 0.855. The first kappa shape index (κ1) is 14.9. The summed E-state index contributed by atoms with van der Waals surface area (Å²) in [6.07, 6.45) is 1.98. The zero-order chi connectivity index (χ0) is 16.6. The first-order chi connectivity index (χ1) is 12.3. The number of hydrogen-bond acceptors (Lipinski definition) is 5. The molecule has 0 unspecified atom stereocenters. The highest BCUT2D eigenvalue weighted by Crippen LogP contribution is 2.37. The largest absolute Gasteiger partial charge is 0.454 e. The molecular formula is C20H20O5. The number of benzene rings is 2. The van der Waals surface area contributed by atoms with E-state index < -0.39 is 0 Å². The fourth-order valence-electron chi connectivity index (χ4n) is 3.84. The second-order valence-electron chi connectivity index (χ2n) is 6.84. The van der Waals surface area contributed by atoms with Gasteiger partial charge in [0.25, 0.3) is 0 Å². The van der Waals surface area contributed by atoms with E-state index in [-0.39, 0.29) is 0 Å². The van der Waals surface area contributed by atoms with E-state index >= 15 is 0 Å². The maximum atomic E-state index is 5.79. The molecule has 3 heterocycles. The van der Waals surface area contributed by atoms with Crippen molar-refractivity contribution in [2.45, 2.75) is 12.8 Å². The minimum Gasteiger partial charge on any atom is -0.454 e. The Balaban J connectivity index is 1.29. The molecule has 130 valence electrons. The molecular weight excluding hydrogens is 320 g/mol. The van der Waals surface area contributed by atoms with E-state index in [1.54, 1.807) is 0 Å². The topological polar surface area (TPSA) is 46.2 Å². The van der Waals surface area contributed by atoms with Gasteiger partial charge in [0.05, 0.1) is 13.2 Å². The average molecular weight is 340 g/mol. The lowest BCUT2D eigenvalue weighted by atomic mass is 9.85. The van der Waals surface area contributed by atoms with Crippen LogP contribution in [0.5, 0.6) is 23.0 Å². The number of rotatable bonds is 4. The Hall–Kier alpha value is -2.40. The molecule has 1 fully saturated rings. The molecule has 25 heavy (non-hydrogen) atoms. The summed E-state index contributed by atoms with van der Waals surface area (Å²) in [7, 11) is 0. The molecule has 0 spiro atoms. The molecule has 0 aromatic heterocycles. The summed E-state index contributed by atoms with van der Waals surface area (Å²) < 4.78 is 27.5. The second kappa shape index (κ2) is 6.15. The van der Waals surface area contributed by atoms with Crippen LogP contribution in [0.2, 0.25) is 0 Å². The first-order valence-electron chi connectivity index (χ1n) is 8.70. The van der Waals surface area contributed by atoms with Gasteiger partial charge >= 0.3 is 0 Å². The first-order valence-corrected chi connectivity index (χ1v) is 8.70. The highest BCUT2D eigenvalue weighted by atomic mass is 16.7. The van der Waals surface area contributed by atoms with Gasteiger partial charge in [0.15, 0.2) is 23.0 Å². The molecule has 0 aliphatic carbocycles. The highest BCUT2D eigenvalue weighted by Gasteiger charge is 2.29. The van der Waals surface area contributed by atoms with Crippen LogP contribution in [-0.2, 0) is 17.6 Å². The Morgan fingerprint density at radius 2 is 1.12 bits per heavy atom. The van der Waals surface area contributed by atoms with E-state index in [1.807, 2.05) is 12.1 Å². The van der Waals surface area contributed by atoms with Gasteiger partial charge in [-0.3, -0.25) is 0 Å². The van der Waals surface area contributed by atoms with Crippen LogP contribution in [0.15, 0.2) is 36.4 Å². The molecule has 0 bridgehead atoms. The molecule has 1 saturated heterocycles. The molecule has 2 atom stereocenters. The third-order valence-electron chi connectivity index (χ3n) is 5.20. The molecule has 3 aliphatic heterocycles. The van der Waals surface area contributed by atoms with Crippen molar-refractivity contribution in [2.75, 3.05) is 26.8 Å². The van der Waals surface area contributed by atoms with E-state index in [0.717, 1.165) is 49.1 Å². The zero-order valence-corrected chi connectivity index (χ0v) is 13.9. The lowest BCUT2D eigenvalue weighted by molar-refractivity contribution is 0.173. The summed E-state index contributed by atoms with van der Waals surface area (Å²) in [5, 5.41) is 0. The summed E-state index contributed by atoms with van der Waals surface area (Å²) >= 11 is 0. The predicted molar refractivity (Wildman–Crippen MR) is 90.3 cm³/mol. The summed E-state index contributed by atoms with van der Waals surface area (Å²) in [4.78, 5) is 0. The van der Waals surface area contributed by atoms with Crippen LogP contribution in [0.4, 0.5) is 0 Å². The monoisotopic (exact) mass is 340 g/mol. The maximum absolute atomic E-state index is 5.79. The van der Waals surface area contributed by atoms with E-state index in [2.05, 4.69) is 24.3 Å². The fourth-order valence-corrected chi connectivity index (χ4v) is 3.84. The normalized spacial score (nSPS) is 23.2. The Kier molecular flexibility index (Phi) is 3.67. The SMILES string of the molecule is c1cc2c(cc1C[C@H]1COC[C@@H]1Cc1ccc3c(c1)OCO3)OCO2. The van der Waals surface area contributed by atoms with Crippen molar-refractivity contribution < 1.29 is 23.7 Å². The number of fused-ring (bicyclic) bond motifs is 2. The van der Waals surface area contributed by atoms with Crippen molar-refractivity contribution in [3.63, 3.8) is 0 Å². The van der Waals surface area contributed by atoms with Gasteiger partial charge in [-0.2, -0.15) is 0 Å². The molecule has 0 radical (unpaired) electrons. The van der Waals surface area contributed by atoms with E-state index in [4.69, 9.17) is 23.7 Å². The molecule has 0 amide bonds. The van der Waals surface area contributed by atoms with E-state index in [9.17, 15) is 0 Å². The molecule has 5 heteroatoms. The van der Waals surface area contributed by atoms with Gasteiger partial charge < -0.3 is 23.7 Å². The van der Waals surface area contributed by atoms with Gasteiger partial charge in [-0.25, -0.2) is 0 Å². The molecule has 5 rings (SSSR count). The van der Waals surface area contributed by atoms with Gasteiger partial charge in [-0.05, 0) is 60.1 Å². The third-order valence-corrected chi connectivity index (χ3v) is 5.20. The van der Waals surface area contributed by atoms with E-state index in [0.29, 0.717) is 25.4 Å². The summed E-state index contributed by atoms with van der Waals surface area (Å²) in [5.74, 6) is 4.38. The Labute approximate surface area is 146 Å². The van der Waals surface area contributed by atoms with Crippen LogP contribution in [0.3, 0.4) is 0 Å². The van der Waals surface area contributed by atoms with Crippen LogP contribution in [-0.4, -0.2) is 26.8 Å². The molecule has 2 aromatic carbocycles. The minimum atomic E-state index is 0.318. The van der Waals surface area contributed by atoms with Crippen molar-refractivity contribution in [1.82, 2.24) is 0 Å². The highest BCUT2D eigenvalue weighted by molar-refractivity contribution is 5.45. The smallest absolute Gasteiger partial charge is 0.231 e. The van der Waals surface area contributed by atoms with Gasteiger partial charge in [0.1, 0.15) is 0 Å².